The number of imide groups is 2. The van der Waals surface area contributed by atoms with Gasteiger partial charge in [-0.05, 0) is 36.8 Å². The number of nitrogens with zero attached hydrogens (tertiary/aromatic N) is 6. The fourth-order valence-electron chi connectivity index (χ4n) is 11.5. The van der Waals surface area contributed by atoms with Crippen LogP contribution in [0, 0.1) is 11.8 Å². The quantitative estimate of drug-likeness (QED) is 0.0823. The molecule has 2 aromatic carbocycles. The SMILES string of the molecule is C=C1C[C@H]2[C@H](O)N3C(=O)CNC(=O)[C@H](C(C)C)NC(=O)CCOCCOCCNC(=O)C(N4C(=O)C=CC4=O)C(N4C(=O)C=CC4=O)C(=O)NCCOCCOCCC(=O)N[C@@H](C(C)C)C(=O)NCC(=O)N(C)c4cc(c(OC)cc4C(=O)N(C)CCC)OOc4cc3c(cc4OC)C(=O)N2C1. The first kappa shape index (κ1) is 79.0. The average molecular weight is 1430 g/mol. The van der Waals surface area contributed by atoms with Crippen LogP contribution in [-0.4, -0.2) is 264 Å². The number of ether oxygens (including phenoxy) is 6. The van der Waals surface area contributed by atoms with Crippen molar-refractivity contribution in [2.45, 2.75) is 96.7 Å². The number of amides is 14. The molecule has 0 saturated carbocycles. The molecule has 35 heteroatoms. The van der Waals surface area contributed by atoms with Gasteiger partial charge in [0.1, 0.15) is 24.2 Å². The molecule has 7 rings (SSSR count). The Hall–Kier alpha value is -10.4. The molecular formula is C67H88N12O23. The lowest BCUT2D eigenvalue weighted by atomic mass is 10.0. The highest BCUT2D eigenvalue weighted by atomic mass is 17.2. The lowest BCUT2D eigenvalue weighted by Crippen LogP contribution is -2.66. The average Bonchev–Trinajstić information content (AvgIpc) is 1.57. The Morgan fingerprint density at radius 2 is 1.04 bits per heavy atom. The summed E-state index contributed by atoms with van der Waals surface area (Å²) in [5, 5.41) is 27.5. The summed E-state index contributed by atoms with van der Waals surface area (Å²) in [6.45, 7) is 9.87. The molecule has 1 fully saturated rings. The lowest BCUT2D eigenvalue weighted by Gasteiger charge is -2.35. The third-order valence-corrected chi connectivity index (χ3v) is 16.8. The molecule has 102 heavy (non-hydrogen) atoms. The summed E-state index contributed by atoms with van der Waals surface area (Å²) in [4.78, 5) is 210. The van der Waals surface area contributed by atoms with E-state index in [4.69, 9.17) is 38.2 Å². The van der Waals surface area contributed by atoms with Crippen LogP contribution in [0.15, 0.2) is 60.7 Å². The molecule has 5 heterocycles. The molecular weight excluding hydrogens is 1340 g/mol. The number of aliphatic hydroxyl groups is 1. The molecule has 7 N–H and O–H groups in total. The van der Waals surface area contributed by atoms with Gasteiger partial charge in [0.2, 0.25) is 58.8 Å². The molecule has 4 bridgehead atoms. The second kappa shape index (κ2) is 36.8. The number of hydrogen-bond donors (Lipinski definition) is 7. The maximum atomic E-state index is 14.6. The first-order valence-corrected chi connectivity index (χ1v) is 33.0. The van der Waals surface area contributed by atoms with E-state index in [-0.39, 0.29) is 137 Å². The van der Waals surface area contributed by atoms with Crippen LogP contribution in [0.1, 0.15) is 81.0 Å². The summed E-state index contributed by atoms with van der Waals surface area (Å²) in [5.41, 5.74) is 0.142. The van der Waals surface area contributed by atoms with Gasteiger partial charge in [-0.1, -0.05) is 46.8 Å². The van der Waals surface area contributed by atoms with Gasteiger partial charge in [-0.2, -0.15) is 0 Å². The van der Waals surface area contributed by atoms with Gasteiger partial charge < -0.3 is 80.1 Å². The van der Waals surface area contributed by atoms with Crippen LogP contribution in [0.5, 0.6) is 23.0 Å². The molecule has 1 saturated heterocycles. The smallest absolute Gasteiger partial charge is 0.256 e. The zero-order valence-corrected chi connectivity index (χ0v) is 58.3. The third kappa shape index (κ3) is 19.6. The predicted octanol–water partition coefficient (Wildman–Crippen LogP) is -1.85. The number of methoxy groups -OCH3 is 2. The van der Waals surface area contributed by atoms with E-state index in [1.807, 2.05) is 6.92 Å². The molecule has 2 aromatic rings. The van der Waals surface area contributed by atoms with Gasteiger partial charge in [0.15, 0.2) is 17.7 Å². The molecule has 2 unspecified atom stereocenters. The normalized spacial score (nSPS) is 23.2. The molecule has 0 spiro atoms. The summed E-state index contributed by atoms with van der Waals surface area (Å²) in [7, 11) is 5.44. The van der Waals surface area contributed by atoms with E-state index in [1.54, 1.807) is 34.7 Å². The molecule has 35 nitrogen and oxygen atoms in total. The summed E-state index contributed by atoms with van der Waals surface area (Å²) >= 11 is 0. The van der Waals surface area contributed by atoms with E-state index in [0.29, 0.717) is 28.3 Å². The Morgan fingerprint density at radius 3 is 1.49 bits per heavy atom. The van der Waals surface area contributed by atoms with Crippen molar-refractivity contribution >= 4 is 94.1 Å². The second-order valence-corrected chi connectivity index (χ2v) is 24.7. The standard InChI is InChI=1S/C67H88N12O23/c1-11-20-74(7)65(92)40-30-45(95-9)47-32-42(40)75(8)55(86)34-70-61(88)57(37(2)3)72-49(80)16-21-97-25-27-99-23-18-68-63(90)59(78-51(82)12-13-52(78)83)60(79-53(84)14-15-54(79)85)64(91)69-19-24-100-28-26-98-22-17-50(81)73-58(38(4)5)62(89)71-35-56(87)77-43-33-48(102-101-47)46(96-10)31-41(43)66(93)76-36-39(6)29-44(76)67(77)94/h12-15,30-33,37-38,44,57-60,67,94H,6,11,16-29,34-36H2,1-5,7-10H3,(H,68,90)(H,69,91)(H,70,88)(H,71,89)(H,72,80)(H,73,81)/t44-,57-,58-,59?,60?,67-/m0/s1. The zero-order chi connectivity index (χ0) is 74.6. The zero-order valence-electron chi connectivity index (χ0n) is 58.3. The third-order valence-electron chi connectivity index (χ3n) is 16.8. The molecule has 0 radical (unpaired) electrons. The van der Waals surface area contributed by atoms with E-state index in [9.17, 15) is 72.2 Å². The van der Waals surface area contributed by atoms with Gasteiger partial charge in [0.05, 0.1) is 109 Å². The van der Waals surface area contributed by atoms with Crippen molar-refractivity contribution in [1.29, 1.82) is 0 Å². The van der Waals surface area contributed by atoms with Crippen molar-refractivity contribution in [3.05, 3.63) is 71.8 Å². The molecule has 5 aliphatic rings. The Labute approximate surface area is 587 Å². The minimum Gasteiger partial charge on any atom is -0.493 e. The number of anilines is 2. The molecule has 14 amide bonds. The number of hydrogen-bond acceptors (Lipinski definition) is 23. The highest BCUT2D eigenvalue weighted by Gasteiger charge is 2.51. The number of carbonyl (C=O) groups is 14. The largest absolute Gasteiger partial charge is 0.493 e. The number of aliphatic hydroxyl groups excluding tert-OH is 1. The van der Waals surface area contributed by atoms with E-state index in [2.05, 4.69) is 38.5 Å². The first-order valence-electron chi connectivity index (χ1n) is 33.0. The maximum Gasteiger partial charge on any atom is 0.256 e. The number of fused-ring (bicyclic) bond motifs is 4. The van der Waals surface area contributed by atoms with Crippen LogP contribution in [0.4, 0.5) is 11.4 Å². The molecule has 0 aliphatic carbocycles. The lowest BCUT2D eigenvalue weighted by molar-refractivity contribution is -0.156. The minimum atomic E-state index is -2.08. The molecule has 0 aromatic heterocycles. The Morgan fingerprint density at radius 1 is 0.598 bits per heavy atom. The van der Waals surface area contributed by atoms with Crippen molar-refractivity contribution in [2.24, 2.45) is 11.8 Å². The second-order valence-electron chi connectivity index (χ2n) is 24.7. The summed E-state index contributed by atoms with van der Waals surface area (Å²) in [6, 6.07) is -2.49. The molecule has 6 atom stereocenters. The highest BCUT2D eigenvalue weighted by molar-refractivity contribution is 6.19. The van der Waals surface area contributed by atoms with Crippen molar-refractivity contribution in [1.82, 2.24) is 51.5 Å². The Kier molecular flexibility index (Phi) is 28.5. The van der Waals surface area contributed by atoms with E-state index < -0.39 is 144 Å². The summed E-state index contributed by atoms with van der Waals surface area (Å²) < 4.78 is 33.6. The van der Waals surface area contributed by atoms with Gasteiger partial charge in [-0.15, -0.1) is 0 Å². The van der Waals surface area contributed by atoms with E-state index >= 15 is 0 Å². The minimum absolute atomic E-state index is 0.0232. The van der Waals surface area contributed by atoms with Crippen LogP contribution in [-0.2, 0) is 76.5 Å². The Bertz CT molecular complexity index is 3580. The van der Waals surface area contributed by atoms with Crippen molar-refractivity contribution in [3.63, 3.8) is 0 Å². The van der Waals surface area contributed by atoms with Crippen molar-refractivity contribution < 1.29 is 110 Å². The van der Waals surface area contributed by atoms with Crippen LogP contribution in [0.3, 0.4) is 0 Å². The summed E-state index contributed by atoms with van der Waals surface area (Å²) in [6.07, 6.45) is 1.84. The first-order chi connectivity index (χ1) is 48.6. The van der Waals surface area contributed by atoms with Gasteiger partial charge >= 0.3 is 0 Å². The maximum absolute atomic E-state index is 14.6. The van der Waals surface area contributed by atoms with Gasteiger partial charge in [-0.3, -0.25) is 91.6 Å². The monoisotopic (exact) mass is 1430 g/mol. The molecule has 5 aliphatic heterocycles. The number of likely N-dealkylation sites (N-methyl/N-ethyl adjacent to an activating group) is 1. The predicted molar refractivity (Wildman–Crippen MR) is 358 cm³/mol. The fraction of sp³-hybridized carbons (Fsp3) is 0.522. The number of benzene rings is 2. The Balaban J connectivity index is 1.13. The van der Waals surface area contributed by atoms with Crippen LogP contribution in [0.2, 0.25) is 0 Å². The van der Waals surface area contributed by atoms with Crippen LogP contribution >= 0.6 is 0 Å². The topological polar surface area (TPSA) is 425 Å². The number of nitrogens with one attached hydrogen (secondary N) is 6. The van der Waals surface area contributed by atoms with E-state index in [0.717, 1.165) is 34.1 Å². The van der Waals surface area contributed by atoms with Gasteiger partial charge in [-0.25, -0.2) is 0 Å². The van der Waals surface area contributed by atoms with Gasteiger partial charge in [0.25, 0.3) is 35.4 Å². The van der Waals surface area contributed by atoms with Crippen LogP contribution < -0.4 is 60.9 Å². The van der Waals surface area contributed by atoms with Crippen LogP contribution in [0.25, 0.3) is 0 Å². The van der Waals surface area contributed by atoms with Gasteiger partial charge in [0, 0.05) is 89.6 Å². The van der Waals surface area contributed by atoms with Crippen molar-refractivity contribution in [3.8, 4) is 23.0 Å². The number of carbonyl (C=O) groups excluding carboxylic acids is 14. The summed E-state index contributed by atoms with van der Waals surface area (Å²) in [5.74, 6) is -13.6. The highest BCUT2D eigenvalue weighted by Crippen LogP contribution is 2.43. The van der Waals surface area contributed by atoms with Crippen molar-refractivity contribution in [2.75, 3.05) is 130 Å². The fourth-order valence-corrected chi connectivity index (χ4v) is 11.5. The number of rotatable bonds is 9. The molecule has 554 valence electrons. The van der Waals surface area contributed by atoms with E-state index in [1.165, 1.54) is 55.3 Å².